The summed E-state index contributed by atoms with van der Waals surface area (Å²) in [6.07, 6.45) is 1.75. The van der Waals surface area contributed by atoms with Gasteiger partial charge in [-0.2, -0.15) is 0 Å². The molecule has 1 aromatic heterocycles. The van der Waals surface area contributed by atoms with Crippen molar-refractivity contribution in [1.82, 2.24) is 4.98 Å². The van der Waals surface area contributed by atoms with E-state index in [1.54, 1.807) is 6.20 Å². The van der Waals surface area contributed by atoms with Crippen LogP contribution in [0, 0.1) is 13.8 Å². The van der Waals surface area contributed by atoms with E-state index in [0.717, 1.165) is 37.8 Å². The predicted octanol–water partition coefficient (Wildman–Crippen LogP) is 4.99. The molecule has 0 atom stereocenters. The number of halogens is 1. The number of aromatic nitrogens is 1. The van der Waals surface area contributed by atoms with Gasteiger partial charge in [-0.25, -0.2) is 4.98 Å². The number of benzene rings is 2. The Bertz CT molecular complexity index is 830. The minimum atomic E-state index is 0.598. The Morgan fingerprint density at radius 1 is 1.05 bits per heavy atom. The second kappa shape index (κ2) is 5.37. The van der Waals surface area contributed by atoms with Gasteiger partial charge in [0.15, 0.2) is 0 Å². The van der Waals surface area contributed by atoms with E-state index in [4.69, 9.17) is 10.5 Å². The van der Waals surface area contributed by atoms with Crippen molar-refractivity contribution in [3.8, 4) is 11.6 Å². The predicted molar refractivity (Wildman–Crippen MR) is 89.8 cm³/mol. The van der Waals surface area contributed by atoms with Crippen molar-refractivity contribution in [2.75, 3.05) is 5.73 Å². The van der Waals surface area contributed by atoms with Gasteiger partial charge in [0.2, 0.25) is 5.88 Å². The molecule has 3 aromatic rings. The van der Waals surface area contributed by atoms with Gasteiger partial charge in [-0.05, 0) is 55.3 Å². The third kappa shape index (κ3) is 2.59. The van der Waals surface area contributed by atoms with E-state index in [9.17, 15) is 0 Å². The molecule has 0 amide bonds. The van der Waals surface area contributed by atoms with Crippen LogP contribution in [0.1, 0.15) is 11.1 Å². The number of nitrogen functional groups attached to an aromatic ring is 1. The number of aryl methyl sites for hydroxylation is 2. The van der Waals surface area contributed by atoms with E-state index in [0.29, 0.717) is 5.88 Å². The van der Waals surface area contributed by atoms with Crippen LogP contribution in [-0.4, -0.2) is 4.98 Å². The molecule has 3 nitrogen and oxygen atoms in total. The maximum atomic E-state index is 6.03. The molecule has 0 saturated heterocycles. The Labute approximate surface area is 131 Å². The number of rotatable bonds is 2. The Morgan fingerprint density at radius 2 is 1.86 bits per heavy atom. The second-order valence-electron chi connectivity index (χ2n) is 5.03. The molecule has 3 rings (SSSR count). The molecule has 0 aliphatic heterocycles. The summed E-state index contributed by atoms with van der Waals surface area (Å²) in [6.45, 7) is 3.95. The van der Waals surface area contributed by atoms with Gasteiger partial charge in [-0.3, -0.25) is 0 Å². The van der Waals surface area contributed by atoms with E-state index >= 15 is 0 Å². The molecule has 4 heteroatoms. The molecule has 0 bridgehead atoms. The molecule has 0 radical (unpaired) electrons. The summed E-state index contributed by atoms with van der Waals surface area (Å²) in [5.41, 5.74) is 8.68. The zero-order chi connectivity index (χ0) is 15.0. The van der Waals surface area contributed by atoms with Gasteiger partial charge in [0.1, 0.15) is 5.75 Å². The van der Waals surface area contributed by atoms with Crippen LogP contribution in [0.4, 0.5) is 5.69 Å². The van der Waals surface area contributed by atoms with Crippen molar-refractivity contribution < 1.29 is 4.74 Å². The van der Waals surface area contributed by atoms with Crippen LogP contribution in [0.2, 0.25) is 0 Å². The molecule has 21 heavy (non-hydrogen) atoms. The van der Waals surface area contributed by atoms with E-state index in [1.165, 1.54) is 0 Å². The lowest BCUT2D eigenvalue weighted by molar-refractivity contribution is 0.465. The van der Waals surface area contributed by atoms with Gasteiger partial charge in [0.25, 0.3) is 0 Å². The molecule has 0 unspecified atom stereocenters. The summed E-state index contributed by atoms with van der Waals surface area (Å²) in [5, 5.41) is 2.05. The van der Waals surface area contributed by atoms with Crippen molar-refractivity contribution in [2.45, 2.75) is 13.8 Å². The van der Waals surface area contributed by atoms with Gasteiger partial charge in [-0.1, -0.05) is 22.0 Å². The largest absolute Gasteiger partial charge is 0.438 e. The number of fused-ring (bicyclic) bond motifs is 1. The molecular formula is C17H15BrN2O. The normalized spacial score (nSPS) is 10.8. The number of nitrogens with two attached hydrogens (primary N) is 1. The molecule has 2 N–H and O–H groups in total. The first kappa shape index (κ1) is 13.9. The van der Waals surface area contributed by atoms with Crippen LogP contribution in [0.3, 0.4) is 0 Å². The highest BCUT2D eigenvalue weighted by molar-refractivity contribution is 9.10. The Balaban J connectivity index is 2.11. The fraction of sp³-hybridized carbons (Fsp3) is 0.118. The zero-order valence-corrected chi connectivity index (χ0v) is 13.4. The highest BCUT2D eigenvalue weighted by Gasteiger charge is 2.10. The monoisotopic (exact) mass is 342 g/mol. The van der Waals surface area contributed by atoms with Gasteiger partial charge in [0, 0.05) is 27.1 Å². The van der Waals surface area contributed by atoms with Crippen LogP contribution in [0.25, 0.3) is 10.8 Å². The Kier molecular flexibility index (Phi) is 3.55. The lowest BCUT2D eigenvalue weighted by Crippen LogP contribution is -1.96. The minimum absolute atomic E-state index is 0.598. The number of pyridine rings is 1. The molecule has 1 heterocycles. The molecule has 0 aliphatic rings. The average molecular weight is 343 g/mol. The molecule has 0 spiro atoms. The van der Waals surface area contributed by atoms with Gasteiger partial charge < -0.3 is 10.5 Å². The maximum absolute atomic E-state index is 6.03. The van der Waals surface area contributed by atoms with E-state index < -0.39 is 0 Å². The number of hydrogen-bond acceptors (Lipinski definition) is 3. The van der Waals surface area contributed by atoms with Crippen LogP contribution in [0.15, 0.2) is 47.1 Å². The summed E-state index contributed by atoms with van der Waals surface area (Å²) in [5.74, 6) is 1.38. The highest BCUT2D eigenvalue weighted by atomic mass is 79.9. The smallest absolute Gasteiger partial charge is 0.227 e. The third-order valence-corrected chi connectivity index (χ3v) is 4.18. The van der Waals surface area contributed by atoms with Gasteiger partial charge in [0.05, 0.1) is 0 Å². The summed E-state index contributed by atoms with van der Waals surface area (Å²) in [7, 11) is 0. The van der Waals surface area contributed by atoms with E-state index in [2.05, 4.69) is 20.9 Å². The van der Waals surface area contributed by atoms with Crippen molar-refractivity contribution in [3.05, 3.63) is 58.2 Å². The summed E-state index contributed by atoms with van der Waals surface area (Å²) in [6, 6.07) is 11.8. The van der Waals surface area contributed by atoms with Crippen molar-refractivity contribution in [3.63, 3.8) is 0 Å². The van der Waals surface area contributed by atoms with Crippen LogP contribution in [0.5, 0.6) is 11.6 Å². The van der Waals surface area contributed by atoms with E-state index in [1.807, 2.05) is 50.2 Å². The number of hydrogen-bond donors (Lipinski definition) is 1. The summed E-state index contributed by atoms with van der Waals surface area (Å²) in [4.78, 5) is 4.36. The van der Waals surface area contributed by atoms with Crippen molar-refractivity contribution in [1.29, 1.82) is 0 Å². The maximum Gasteiger partial charge on any atom is 0.227 e. The first-order chi connectivity index (χ1) is 10.1. The number of anilines is 1. The summed E-state index contributed by atoms with van der Waals surface area (Å²) < 4.78 is 7.05. The van der Waals surface area contributed by atoms with Crippen molar-refractivity contribution in [2.24, 2.45) is 0 Å². The number of ether oxygens (including phenoxy) is 1. The molecular weight excluding hydrogens is 328 g/mol. The molecule has 0 aliphatic carbocycles. The SMILES string of the molecule is Cc1cc(Oc2nccc3c(Br)cccc23)c(C)cc1N. The molecule has 0 fully saturated rings. The fourth-order valence-electron chi connectivity index (χ4n) is 2.25. The Hall–Kier alpha value is -2.07. The standard InChI is InChI=1S/C17H15BrN2O/c1-10-9-16(11(2)8-15(10)19)21-17-13-4-3-5-14(18)12(13)6-7-20-17/h3-9H,19H2,1-2H3. The van der Waals surface area contributed by atoms with Crippen molar-refractivity contribution >= 4 is 32.4 Å². The molecule has 2 aromatic carbocycles. The summed E-state index contributed by atoms with van der Waals surface area (Å²) >= 11 is 3.55. The molecule has 0 saturated carbocycles. The first-order valence-electron chi connectivity index (χ1n) is 6.64. The fourth-order valence-corrected chi connectivity index (χ4v) is 2.75. The quantitative estimate of drug-likeness (QED) is 0.667. The lowest BCUT2D eigenvalue weighted by atomic mass is 10.1. The Morgan fingerprint density at radius 3 is 2.67 bits per heavy atom. The average Bonchev–Trinajstić information content (AvgIpc) is 2.46. The number of nitrogens with zero attached hydrogens (tertiary/aromatic N) is 1. The van der Waals surface area contributed by atoms with E-state index in [-0.39, 0.29) is 0 Å². The first-order valence-corrected chi connectivity index (χ1v) is 7.43. The lowest BCUT2D eigenvalue weighted by Gasteiger charge is -2.12. The van der Waals surface area contributed by atoms with Crippen LogP contribution >= 0.6 is 15.9 Å². The third-order valence-electron chi connectivity index (χ3n) is 3.49. The zero-order valence-electron chi connectivity index (χ0n) is 11.9. The minimum Gasteiger partial charge on any atom is -0.438 e. The van der Waals surface area contributed by atoms with Gasteiger partial charge in [-0.15, -0.1) is 0 Å². The molecule has 106 valence electrons. The van der Waals surface area contributed by atoms with Crippen LogP contribution in [-0.2, 0) is 0 Å². The second-order valence-corrected chi connectivity index (χ2v) is 5.88. The van der Waals surface area contributed by atoms with Gasteiger partial charge >= 0.3 is 0 Å². The highest BCUT2D eigenvalue weighted by Crippen LogP contribution is 2.34. The van der Waals surface area contributed by atoms with Crippen LogP contribution < -0.4 is 10.5 Å². The topological polar surface area (TPSA) is 48.1 Å².